The van der Waals surface area contributed by atoms with E-state index in [1.165, 1.54) is 0 Å². The second-order valence-corrected chi connectivity index (χ2v) is 8.70. The van der Waals surface area contributed by atoms with E-state index in [2.05, 4.69) is 29.1 Å². The van der Waals surface area contributed by atoms with Gasteiger partial charge in [-0.2, -0.15) is 0 Å². The van der Waals surface area contributed by atoms with Gasteiger partial charge in [-0.25, -0.2) is 9.97 Å². The third kappa shape index (κ3) is 3.94. The number of carbonyl (C=O) groups excluding carboxylic acids is 1. The van der Waals surface area contributed by atoms with Gasteiger partial charge in [0.2, 0.25) is 0 Å². The Labute approximate surface area is 176 Å². The summed E-state index contributed by atoms with van der Waals surface area (Å²) in [5.41, 5.74) is 3.22. The van der Waals surface area contributed by atoms with E-state index < -0.39 is 0 Å². The van der Waals surface area contributed by atoms with Gasteiger partial charge in [-0.3, -0.25) is 14.2 Å². The average molecular weight is 408 g/mol. The first-order valence-corrected chi connectivity index (χ1v) is 10.5. The highest BCUT2D eigenvalue weighted by molar-refractivity contribution is 5.98. The molecule has 0 aromatic carbocycles. The summed E-state index contributed by atoms with van der Waals surface area (Å²) in [5, 5.41) is 3.22. The minimum absolute atomic E-state index is 0.188. The van der Waals surface area contributed by atoms with E-state index >= 15 is 0 Å². The number of fused-ring (bicyclic) bond motifs is 1. The van der Waals surface area contributed by atoms with Crippen LogP contribution in [0.2, 0.25) is 0 Å². The summed E-state index contributed by atoms with van der Waals surface area (Å²) in [5.74, 6) is 0.217. The third-order valence-corrected chi connectivity index (χ3v) is 6.33. The molecule has 3 aromatic rings. The summed E-state index contributed by atoms with van der Waals surface area (Å²) < 4.78 is 7.34. The molecule has 0 radical (unpaired) electrons. The Morgan fingerprint density at radius 1 is 1.27 bits per heavy atom. The van der Waals surface area contributed by atoms with Crippen LogP contribution in [-0.4, -0.2) is 44.0 Å². The van der Waals surface area contributed by atoms with E-state index in [1.54, 1.807) is 25.8 Å². The van der Waals surface area contributed by atoms with E-state index in [4.69, 9.17) is 9.72 Å². The van der Waals surface area contributed by atoms with Crippen molar-refractivity contribution in [2.45, 2.75) is 58.1 Å². The molecular formula is C23H29N5O2. The van der Waals surface area contributed by atoms with Gasteiger partial charge >= 0.3 is 0 Å². The molecule has 158 valence electrons. The Balaban J connectivity index is 1.60. The van der Waals surface area contributed by atoms with E-state index in [9.17, 15) is 4.79 Å². The molecule has 1 fully saturated rings. The lowest BCUT2D eigenvalue weighted by atomic mass is 9.75. The number of nitrogens with one attached hydrogen (secondary N) is 1. The molecule has 0 unspecified atom stereocenters. The first-order chi connectivity index (χ1) is 14.4. The molecule has 0 aliphatic heterocycles. The fourth-order valence-electron chi connectivity index (χ4n) is 4.42. The van der Waals surface area contributed by atoms with Crippen LogP contribution in [0, 0.1) is 12.8 Å². The maximum atomic E-state index is 13.2. The lowest BCUT2D eigenvalue weighted by Gasteiger charge is -2.39. The van der Waals surface area contributed by atoms with Crippen molar-refractivity contribution in [2.75, 3.05) is 7.11 Å². The molecule has 0 spiro atoms. The summed E-state index contributed by atoms with van der Waals surface area (Å²) in [6, 6.07) is 5.81. The van der Waals surface area contributed by atoms with Gasteiger partial charge < -0.3 is 10.1 Å². The van der Waals surface area contributed by atoms with Crippen molar-refractivity contribution in [1.29, 1.82) is 0 Å². The van der Waals surface area contributed by atoms with Crippen molar-refractivity contribution >= 4 is 11.6 Å². The molecule has 4 rings (SSSR count). The molecule has 7 nitrogen and oxygen atoms in total. The van der Waals surface area contributed by atoms with Gasteiger partial charge in [-0.15, -0.1) is 0 Å². The van der Waals surface area contributed by atoms with Crippen molar-refractivity contribution in [2.24, 2.45) is 5.92 Å². The minimum Gasteiger partial charge on any atom is -0.381 e. The first kappa shape index (κ1) is 20.5. The molecule has 3 aromatic heterocycles. The number of hydrogen-bond donors (Lipinski definition) is 1. The predicted octanol–water partition coefficient (Wildman–Crippen LogP) is 3.81. The molecule has 0 saturated heterocycles. The largest absolute Gasteiger partial charge is 0.381 e. The summed E-state index contributed by atoms with van der Waals surface area (Å²) in [6.07, 6.45) is 9.64. The summed E-state index contributed by atoms with van der Waals surface area (Å²) in [6.45, 7) is 6.18. The molecule has 1 aliphatic carbocycles. The molecule has 1 aliphatic rings. The fraction of sp³-hybridized carbons (Fsp3) is 0.478. The number of rotatable bonds is 5. The van der Waals surface area contributed by atoms with Crippen molar-refractivity contribution < 1.29 is 9.53 Å². The van der Waals surface area contributed by atoms with Gasteiger partial charge in [0.15, 0.2) is 11.3 Å². The second kappa shape index (κ2) is 8.14. The molecule has 1 amide bonds. The third-order valence-electron chi connectivity index (χ3n) is 6.33. The number of hydrogen-bond acceptors (Lipinski definition) is 5. The Morgan fingerprint density at radius 3 is 2.70 bits per heavy atom. The maximum absolute atomic E-state index is 13.2. The van der Waals surface area contributed by atoms with Crippen LogP contribution in [0.4, 0.5) is 0 Å². The predicted molar refractivity (Wildman–Crippen MR) is 115 cm³/mol. The molecule has 3 heterocycles. The summed E-state index contributed by atoms with van der Waals surface area (Å²) in [7, 11) is 1.77. The van der Waals surface area contributed by atoms with Gasteiger partial charge in [0.1, 0.15) is 6.33 Å². The zero-order chi connectivity index (χ0) is 21.3. The number of aryl methyl sites for hydroxylation is 1. The zero-order valence-corrected chi connectivity index (χ0v) is 18.1. The first-order valence-electron chi connectivity index (χ1n) is 10.5. The van der Waals surface area contributed by atoms with Crippen LogP contribution in [0.15, 0.2) is 36.9 Å². The maximum Gasteiger partial charge on any atom is 0.274 e. The summed E-state index contributed by atoms with van der Waals surface area (Å²) in [4.78, 5) is 26.5. The lowest BCUT2D eigenvalue weighted by molar-refractivity contribution is 0.0396. The fourth-order valence-corrected chi connectivity index (χ4v) is 4.42. The van der Waals surface area contributed by atoms with Crippen molar-refractivity contribution in [3.63, 3.8) is 0 Å². The topological polar surface area (TPSA) is 81.4 Å². The number of aromatic nitrogens is 4. The lowest BCUT2D eigenvalue weighted by Crippen LogP contribution is -2.50. The van der Waals surface area contributed by atoms with Crippen LogP contribution < -0.4 is 5.32 Å². The van der Waals surface area contributed by atoms with E-state index in [-0.39, 0.29) is 11.4 Å². The molecule has 30 heavy (non-hydrogen) atoms. The van der Waals surface area contributed by atoms with E-state index in [0.29, 0.717) is 23.4 Å². The minimum atomic E-state index is -0.332. The average Bonchev–Trinajstić information content (AvgIpc) is 3.19. The van der Waals surface area contributed by atoms with Crippen LogP contribution in [0.5, 0.6) is 0 Å². The van der Waals surface area contributed by atoms with E-state index in [1.807, 2.05) is 29.5 Å². The summed E-state index contributed by atoms with van der Waals surface area (Å²) >= 11 is 0. The van der Waals surface area contributed by atoms with Crippen molar-refractivity contribution in [1.82, 2.24) is 24.7 Å². The Hall–Kier alpha value is -2.80. The van der Waals surface area contributed by atoms with Crippen LogP contribution in [0.1, 0.15) is 55.7 Å². The Kier molecular flexibility index (Phi) is 5.56. The smallest absolute Gasteiger partial charge is 0.274 e. The van der Waals surface area contributed by atoms with Gasteiger partial charge in [0, 0.05) is 36.3 Å². The number of nitrogens with zero attached hydrogens (tertiary/aromatic N) is 4. The number of amides is 1. The van der Waals surface area contributed by atoms with Crippen molar-refractivity contribution in [3.05, 3.63) is 48.3 Å². The monoisotopic (exact) mass is 407 g/mol. The molecule has 7 heteroatoms. The zero-order valence-electron chi connectivity index (χ0n) is 18.1. The number of carbonyl (C=O) groups is 1. The quantitative estimate of drug-likeness (QED) is 0.695. The highest BCUT2D eigenvalue weighted by Crippen LogP contribution is 2.34. The van der Waals surface area contributed by atoms with Crippen LogP contribution in [0.25, 0.3) is 16.9 Å². The Bertz CT molecular complexity index is 1040. The van der Waals surface area contributed by atoms with Gasteiger partial charge in [0.05, 0.1) is 11.8 Å². The normalized spacial score (nSPS) is 19.7. The van der Waals surface area contributed by atoms with E-state index in [0.717, 1.165) is 42.6 Å². The SMILES string of the molecule is CO[C@H]1CC[C@@H](C(C)(C)NC(=O)c2ncn3c(C)cc(-c4cccnc4)nc23)CC1. The standard InChI is InChI=1S/C23H29N5O2/c1-15-12-19(16-6-5-11-24-13-16)26-21-20(25-14-28(15)21)22(29)27-23(2,3)17-7-9-18(30-4)10-8-17/h5-6,11-14,17-18H,7-10H2,1-4H3,(H,27,29)/t17-,18+. The van der Waals surface area contributed by atoms with Crippen LogP contribution >= 0.6 is 0 Å². The molecule has 0 bridgehead atoms. The van der Waals surface area contributed by atoms with Gasteiger partial charge in [-0.1, -0.05) is 0 Å². The van der Waals surface area contributed by atoms with Crippen molar-refractivity contribution in [3.8, 4) is 11.3 Å². The highest BCUT2D eigenvalue weighted by atomic mass is 16.5. The molecule has 1 saturated carbocycles. The van der Waals surface area contributed by atoms with Gasteiger partial charge in [-0.05, 0) is 70.6 Å². The molecule has 0 atom stereocenters. The van der Waals surface area contributed by atoms with Crippen LogP contribution in [0.3, 0.4) is 0 Å². The molecular weight excluding hydrogens is 378 g/mol. The molecule has 1 N–H and O–H groups in total. The highest BCUT2D eigenvalue weighted by Gasteiger charge is 2.35. The Morgan fingerprint density at radius 2 is 2.03 bits per heavy atom. The van der Waals surface area contributed by atoms with Crippen LogP contribution in [-0.2, 0) is 4.74 Å². The number of imidazole rings is 1. The number of methoxy groups -OCH3 is 1. The van der Waals surface area contributed by atoms with Gasteiger partial charge in [0.25, 0.3) is 5.91 Å². The second-order valence-electron chi connectivity index (χ2n) is 8.70. The number of ether oxygens (including phenoxy) is 1. The number of pyridine rings is 1.